The van der Waals surface area contributed by atoms with Crippen LogP contribution in [0.2, 0.25) is 0 Å². The number of hydrogen-bond donors (Lipinski definition) is 2. The quantitative estimate of drug-likeness (QED) is 0.503. The fourth-order valence-corrected chi connectivity index (χ4v) is 2.65. The number of carbonyl (C=O) groups excluding carboxylic acids is 1. The van der Waals surface area contributed by atoms with E-state index in [1.54, 1.807) is 18.2 Å². The van der Waals surface area contributed by atoms with Crippen molar-refractivity contribution in [1.29, 1.82) is 0 Å². The summed E-state index contributed by atoms with van der Waals surface area (Å²) in [4.78, 5) is 16.4. The normalized spacial score (nSPS) is 10.7. The predicted octanol–water partition coefficient (Wildman–Crippen LogP) is 4.95. The van der Waals surface area contributed by atoms with Crippen LogP contribution in [-0.2, 0) is 11.3 Å². The summed E-state index contributed by atoms with van der Waals surface area (Å²) in [6, 6.07) is 21.4. The van der Waals surface area contributed by atoms with Gasteiger partial charge in [-0.05, 0) is 35.9 Å². The van der Waals surface area contributed by atoms with Crippen molar-refractivity contribution in [3.05, 3.63) is 78.4 Å². The average Bonchev–Trinajstić information content (AvgIpc) is 3.13. The number of hydrogen-bond acceptors (Lipinski definition) is 5. The van der Waals surface area contributed by atoms with Gasteiger partial charge in [-0.1, -0.05) is 42.5 Å². The van der Waals surface area contributed by atoms with Gasteiger partial charge in [-0.3, -0.25) is 5.32 Å². The lowest BCUT2D eigenvalue weighted by Crippen LogP contribution is -2.13. The maximum Gasteiger partial charge on any atom is 0.411 e. The molecular formula is C21H16N2O4. The van der Waals surface area contributed by atoms with Crippen LogP contribution >= 0.6 is 0 Å². The molecule has 0 saturated carbocycles. The molecule has 3 aromatic carbocycles. The van der Waals surface area contributed by atoms with Gasteiger partial charge in [0.25, 0.3) is 0 Å². The molecule has 0 unspecified atom stereocenters. The molecule has 1 heterocycles. The number of oxazole rings is 1. The van der Waals surface area contributed by atoms with Crippen molar-refractivity contribution in [2.24, 2.45) is 0 Å². The van der Waals surface area contributed by atoms with Gasteiger partial charge >= 0.3 is 6.09 Å². The van der Waals surface area contributed by atoms with Crippen molar-refractivity contribution >= 4 is 22.9 Å². The number of aromatic nitrogens is 1. The SMILES string of the molecule is O=C(Nc1ccc(O)c(-c2nc3ccccc3o2)c1)OCc1ccccc1. The highest BCUT2D eigenvalue weighted by Gasteiger charge is 2.14. The highest BCUT2D eigenvalue weighted by Crippen LogP contribution is 2.33. The van der Waals surface area contributed by atoms with Crippen LogP contribution in [0.4, 0.5) is 10.5 Å². The fraction of sp³-hybridized carbons (Fsp3) is 0.0476. The zero-order valence-electron chi connectivity index (χ0n) is 14.3. The first-order valence-electron chi connectivity index (χ1n) is 8.36. The molecule has 0 fully saturated rings. The number of para-hydroxylation sites is 2. The summed E-state index contributed by atoms with van der Waals surface area (Å²) in [5.74, 6) is 0.278. The number of fused-ring (bicyclic) bond motifs is 1. The van der Waals surface area contributed by atoms with E-state index in [0.717, 1.165) is 5.56 Å². The summed E-state index contributed by atoms with van der Waals surface area (Å²) in [7, 11) is 0. The van der Waals surface area contributed by atoms with E-state index in [1.165, 1.54) is 6.07 Å². The molecule has 0 spiro atoms. The highest BCUT2D eigenvalue weighted by molar-refractivity contribution is 5.86. The van der Waals surface area contributed by atoms with Crippen molar-refractivity contribution < 1.29 is 19.1 Å². The second kappa shape index (κ2) is 7.21. The summed E-state index contributed by atoms with van der Waals surface area (Å²) in [6.45, 7) is 0.169. The summed E-state index contributed by atoms with van der Waals surface area (Å²) >= 11 is 0. The Kier molecular flexibility index (Phi) is 4.45. The molecule has 1 amide bonds. The minimum atomic E-state index is -0.590. The molecule has 134 valence electrons. The molecule has 0 aliphatic carbocycles. The monoisotopic (exact) mass is 360 g/mol. The van der Waals surface area contributed by atoms with Crippen LogP contribution in [0.5, 0.6) is 5.75 Å². The molecule has 4 rings (SSSR count). The van der Waals surface area contributed by atoms with Crippen LogP contribution < -0.4 is 5.32 Å². The van der Waals surface area contributed by atoms with Crippen molar-refractivity contribution in [2.45, 2.75) is 6.61 Å². The Bertz CT molecular complexity index is 1060. The largest absolute Gasteiger partial charge is 0.507 e. The van der Waals surface area contributed by atoms with E-state index in [9.17, 15) is 9.90 Å². The molecule has 0 aliphatic rings. The van der Waals surface area contributed by atoms with Gasteiger partial charge < -0.3 is 14.3 Å². The molecule has 0 radical (unpaired) electrons. The van der Waals surface area contributed by atoms with E-state index in [4.69, 9.17) is 9.15 Å². The Balaban J connectivity index is 1.51. The van der Waals surface area contributed by atoms with E-state index < -0.39 is 6.09 Å². The first-order chi connectivity index (χ1) is 13.2. The van der Waals surface area contributed by atoms with Gasteiger partial charge in [-0.2, -0.15) is 0 Å². The van der Waals surface area contributed by atoms with Gasteiger partial charge in [0.2, 0.25) is 5.89 Å². The molecule has 6 heteroatoms. The number of amides is 1. The topological polar surface area (TPSA) is 84.6 Å². The maximum absolute atomic E-state index is 12.0. The number of phenolic OH excluding ortho intramolecular Hbond substituents is 1. The Hall–Kier alpha value is -3.80. The third kappa shape index (κ3) is 3.74. The highest BCUT2D eigenvalue weighted by atomic mass is 16.5. The number of phenols is 1. The van der Waals surface area contributed by atoms with Crippen LogP contribution in [0, 0.1) is 0 Å². The standard InChI is InChI=1S/C21H16N2O4/c24-18-11-10-15(22-21(25)26-13-14-6-2-1-3-7-14)12-16(18)20-23-17-8-4-5-9-19(17)27-20/h1-12,24H,13H2,(H,22,25). The molecule has 0 atom stereocenters. The number of benzene rings is 3. The van der Waals surface area contributed by atoms with E-state index in [-0.39, 0.29) is 18.2 Å². The number of anilines is 1. The molecule has 1 aromatic heterocycles. The fourth-order valence-electron chi connectivity index (χ4n) is 2.65. The minimum Gasteiger partial charge on any atom is -0.507 e. The average molecular weight is 360 g/mol. The molecular weight excluding hydrogens is 344 g/mol. The van der Waals surface area contributed by atoms with Crippen LogP contribution in [0.3, 0.4) is 0 Å². The van der Waals surface area contributed by atoms with Crippen LogP contribution in [0.15, 0.2) is 77.2 Å². The number of ether oxygens (including phenoxy) is 1. The van der Waals surface area contributed by atoms with Crippen LogP contribution in [0.1, 0.15) is 5.56 Å². The Morgan fingerprint density at radius 3 is 2.63 bits per heavy atom. The van der Waals surface area contributed by atoms with Crippen molar-refractivity contribution in [2.75, 3.05) is 5.32 Å². The number of carbonyl (C=O) groups is 1. The van der Waals surface area contributed by atoms with Gasteiger partial charge in [0, 0.05) is 5.69 Å². The summed E-state index contributed by atoms with van der Waals surface area (Å²) in [6.07, 6.45) is -0.590. The second-order valence-electron chi connectivity index (χ2n) is 5.91. The zero-order valence-corrected chi connectivity index (χ0v) is 14.3. The third-order valence-corrected chi connectivity index (χ3v) is 3.98. The minimum absolute atomic E-state index is 0.00441. The Labute approximate surface area is 155 Å². The third-order valence-electron chi connectivity index (χ3n) is 3.98. The van der Waals surface area contributed by atoms with Crippen LogP contribution in [0.25, 0.3) is 22.6 Å². The maximum atomic E-state index is 12.0. The smallest absolute Gasteiger partial charge is 0.411 e. The first-order valence-corrected chi connectivity index (χ1v) is 8.36. The summed E-state index contributed by atoms with van der Waals surface area (Å²) in [5.41, 5.74) is 3.04. The van der Waals surface area contributed by atoms with Gasteiger partial charge in [0.1, 0.15) is 17.9 Å². The molecule has 27 heavy (non-hydrogen) atoms. The zero-order chi connectivity index (χ0) is 18.6. The molecule has 4 aromatic rings. The van der Waals surface area contributed by atoms with Gasteiger partial charge in [0.15, 0.2) is 5.58 Å². The van der Waals surface area contributed by atoms with Gasteiger partial charge in [-0.25, -0.2) is 9.78 Å². The Morgan fingerprint density at radius 1 is 1.04 bits per heavy atom. The van der Waals surface area contributed by atoms with E-state index in [1.807, 2.05) is 48.5 Å². The Morgan fingerprint density at radius 2 is 1.81 bits per heavy atom. The van der Waals surface area contributed by atoms with E-state index >= 15 is 0 Å². The number of aromatic hydroxyl groups is 1. The molecule has 0 bridgehead atoms. The van der Waals surface area contributed by atoms with Gasteiger partial charge in [0.05, 0.1) is 5.56 Å². The van der Waals surface area contributed by atoms with E-state index in [0.29, 0.717) is 22.4 Å². The number of rotatable bonds is 4. The van der Waals surface area contributed by atoms with Crippen molar-refractivity contribution in [1.82, 2.24) is 4.98 Å². The second-order valence-corrected chi connectivity index (χ2v) is 5.91. The lowest BCUT2D eigenvalue weighted by Gasteiger charge is -2.08. The number of nitrogens with one attached hydrogen (secondary N) is 1. The summed E-state index contributed by atoms with van der Waals surface area (Å²) < 4.78 is 10.9. The lowest BCUT2D eigenvalue weighted by molar-refractivity contribution is 0.155. The molecule has 2 N–H and O–H groups in total. The van der Waals surface area contributed by atoms with Crippen molar-refractivity contribution in [3.63, 3.8) is 0 Å². The summed E-state index contributed by atoms with van der Waals surface area (Å²) in [5, 5.41) is 12.8. The molecule has 6 nitrogen and oxygen atoms in total. The first kappa shape index (κ1) is 16.7. The predicted molar refractivity (Wildman–Crippen MR) is 101 cm³/mol. The molecule has 0 saturated heterocycles. The molecule has 0 aliphatic heterocycles. The van der Waals surface area contributed by atoms with Gasteiger partial charge in [-0.15, -0.1) is 0 Å². The van der Waals surface area contributed by atoms with Crippen LogP contribution in [-0.4, -0.2) is 16.2 Å². The number of nitrogens with zero attached hydrogens (tertiary/aromatic N) is 1. The van der Waals surface area contributed by atoms with Crippen molar-refractivity contribution in [3.8, 4) is 17.2 Å². The lowest BCUT2D eigenvalue weighted by atomic mass is 10.1. The van der Waals surface area contributed by atoms with E-state index in [2.05, 4.69) is 10.3 Å².